The molecule has 0 fully saturated rings. The molecule has 1 heterocycles. The van der Waals surface area contributed by atoms with E-state index in [0.717, 1.165) is 0 Å². The molecule has 104 valence electrons. The average molecular weight is 265 g/mol. The van der Waals surface area contributed by atoms with Crippen molar-refractivity contribution in [2.75, 3.05) is 18.8 Å². The van der Waals surface area contributed by atoms with Gasteiger partial charge in [0.25, 0.3) is 5.91 Å². The lowest BCUT2D eigenvalue weighted by molar-refractivity contribution is -0.121. The normalized spacial score (nSPS) is 10.3. The van der Waals surface area contributed by atoms with E-state index in [1.54, 1.807) is 0 Å². The van der Waals surface area contributed by atoms with Crippen LogP contribution in [0.4, 0.5) is 5.82 Å². The van der Waals surface area contributed by atoms with Crippen molar-refractivity contribution >= 4 is 17.6 Å². The van der Waals surface area contributed by atoms with Gasteiger partial charge in [0.15, 0.2) is 0 Å². The minimum absolute atomic E-state index is 0.0901. The molecule has 0 saturated carbocycles. The van der Waals surface area contributed by atoms with Crippen LogP contribution < -0.4 is 16.4 Å². The third-order valence-corrected chi connectivity index (χ3v) is 2.23. The summed E-state index contributed by atoms with van der Waals surface area (Å²) < 4.78 is 0. The third kappa shape index (κ3) is 5.80. The van der Waals surface area contributed by atoms with Crippen LogP contribution in [0.5, 0.6) is 0 Å². The first-order valence-electron chi connectivity index (χ1n) is 6.11. The zero-order valence-electron chi connectivity index (χ0n) is 11.1. The number of nitrogens with zero attached hydrogens (tertiary/aromatic N) is 2. The summed E-state index contributed by atoms with van der Waals surface area (Å²) in [5, 5.41) is 5.35. The number of rotatable bonds is 6. The molecule has 7 nitrogen and oxygen atoms in total. The Bertz CT molecular complexity index is 448. The van der Waals surface area contributed by atoms with E-state index >= 15 is 0 Å². The highest BCUT2D eigenvalue weighted by atomic mass is 16.2. The molecule has 7 heteroatoms. The molecule has 0 atom stereocenters. The maximum Gasteiger partial charge on any atom is 0.271 e. The molecular formula is C12H19N5O2. The first-order valence-corrected chi connectivity index (χ1v) is 6.11. The van der Waals surface area contributed by atoms with Gasteiger partial charge in [-0.3, -0.25) is 14.6 Å². The minimum atomic E-state index is -0.392. The van der Waals surface area contributed by atoms with Gasteiger partial charge in [-0.2, -0.15) is 0 Å². The quantitative estimate of drug-likeness (QED) is 0.668. The number of carbonyl (C=O) groups is 2. The predicted octanol–water partition coefficient (Wildman–Crippen LogP) is -0.0491. The van der Waals surface area contributed by atoms with Crippen LogP contribution >= 0.6 is 0 Å². The van der Waals surface area contributed by atoms with Crippen molar-refractivity contribution in [2.45, 2.75) is 20.3 Å². The van der Waals surface area contributed by atoms with E-state index in [2.05, 4.69) is 20.6 Å². The lowest BCUT2D eigenvalue weighted by atomic mass is 10.2. The number of hydrogen-bond acceptors (Lipinski definition) is 5. The van der Waals surface area contributed by atoms with Crippen molar-refractivity contribution in [3.8, 4) is 0 Å². The molecule has 19 heavy (non-hydrogen) atoms. The van der Waals surface area contributed by atoms with Crippen molar-refractivity contribution in [1.29, 1.82) is 0 Å². The second-order valence-corrected chi connectivity index (χ2v) is 4.53. The van der Waals surface area contributed by atoms with Crippen LogP contribution in [0.25, 0.3) is 0 Å². The Morgan fingerprint density at radius 1 is 1.32 bits per heavy atom. The summed E-state index contributed by atoms with van der Waals surface area (Å²) in [6.45, 7) is 4.91. The van der Waals surface area contributed by atoms with Crippen molar-refractivity contribution in [3.63, 3.8) is 0 Å². The molecule has 1 aromatic heterocycles. The molecule has 2 amide bonds. The van der Waals surface area contributed by atoms with Gasteiger partial charge in [0.05, 0.1) is 12.4 Å². The average Bonchev–Trinajstić information content (AvgIpc) is 2.36. The molecule has 0 aromatic carbocycles. The SMILES string of the molecule is CC(C)CNC(=O)CCNC(=O)c1cncc(N)n1. The second-order valence-electron chi connectivity index (χ2n) is 4.53. The van der Waals surface area contributed by atoms with Gasteiger partial charge in [0, 0.05) is 19.5 Å². The van der Waals surface area contributed by atoms with Gasteiger partial charge in [-0.1, -0.05) is 13.8 Å². The fourth-order valence-corrected chi connectivity index (χ4v) is 1.28. The van der Waals surface area contributed by atoms with Crippen molar-refractivity contribution in [3.05, 3.63) is 18.1 Å². The molecule has 0 unspecified atom stereocenters. The highest BCUT2D eigenvalue weighted by Crippen LogP contribution is 1.96. The zero-order chi connectivity index (χ0) is 14.3. The largest absolute Gasteiger partial charge is 0.382 e. The van der Waals surface area contributed by atoms with Gasteiger partial charge in [-0.05, 0) is 5.92 Å². The summed E-state index contributed by atoms with van der Waals surface area (Å²) >= 11 is 0. The lowest BCUT2D eigenvalue weighted by Crippen LogP contribution is -2.32. The lowest BCUT2D eigenvalue weighted by Gasteiger charge is -2.08. The van der Waals surface area contributed by atoms with Crippen LogP contribution in [-0.4, -0.2) is 34.9 Å². The standard InChI is InChI=1S/C12H19N5O2/c1-8(2)5-16-11(18)3-4-15-12(19)9-6-14-7-10(13)17-9/h6-8H,3-5H2,1-2H3,(H2,13,17)(H,15,19)(H,16,18). The Morgan fingerprint density at radius 2 is 2.05 bits per heavy atom. The van der Waals surface area contributed by atoms with Crippen molar-refractivity contribution in [1.82, 2.24) is 20.6 Å². The zero-order valence-corrected chi connectivity index (χ0v) is 11.1. The Kier molecular flexibility index (Phi) is 5.72. The van der Waals surface area contributed by atoms with Crippen LogP contribution in [0.1, 0.15) is 30.8 Å². The molecule has 0 aliphatic carbocycles. The number of nitrogens with one attached hydrogen (secondary N) is 2. The number of amides is 2. The molecule has 0 bridgehead atoms. The predicted molar refractivity (Wildman–Crippen MR) is 71.2 cm³/mol. The number of nitrogen functional groups attached to an aromatic ring is 1. The van der Waals surface area contributed by atoms with Crippen LogP contribution in [-0.2, 0) is 4.79 Å². The van der Waals surface area contributed by atoms with Gasteiger partial charge in [0.1, 0.15) is 11.5 Å². The van der Waals surface area contributed by atoms with Gasteiger partial charge in [-0.15, -0.1) is 0 Å². The van der Waals surface area contributed by atoms with E-state index in [0.29, 0.717) is 12.5 Å². The van der Waals surface area contributed by atoms with E-state index in [-0.39, 0.29) is 30.4 Å². The molecule has 0 aliphatic rings. The Morgan fingerprint density at radius 3 is 2.68 bits per heavy atom. The molecule has 4 N–H and O–H groups in total. The maximum absolute atomic E-state index is 11.6. The third-order valence-electron chi connectivity index (χ3n) is 2.23. The highest BCUT2D eigenvalue weighted by Gasteiger charge is 2.08. The topological polar surface area (TPSA) is 110 Å². The summed E-state index contributed by atoms with van der Waals surface area (Å²) in [5.41, 5.74) is 5.56. The number of anilines is 1. The van der Waals surface area contributed by atoms with Gasteiger partial charge in [0.2, 0.25) is 5.91 Å². The van der Waals surface area contributed by atoms with Crippen LogP contribution in [0.3, 0.4) is 0 Å². The molecule has 1 aromatic rings. The molecular weight excluding hydrogens is 246 g/mol. The first-order chi connectivity index (χ1) is 8.99. The summed E-state index contributed by atoms with van der Waals surface area (Å²) in [7, 11) is 0. The number of hydrogen-bond donors (Lipinski definition) is 3. The monoisotopic (exact) mass is 265 g/mol. The fraction of sp³-hybridized carbons (Fsp3) is 0.500. The fourth-order valence-electron chi connectivity index (χ4n) is 1.28. The van der Waals surface area contributed by atoms with E-state index in [4.69, 9.17) is 5.73 Å². The number of carbonyl (C=O) groups excluding carboxylic acids is 2. The Balaban J connectivity index is 2.29. The molecule has 0 aliphatic heterocycles. The van der Waals surface area contributed by atoms with Crippen LogP contribution in [0.2, 0.25) is 0 Å². The first kappa shape index (κ1) is 14.9. The smallest absolute Gasteiger partial charge is 0.271 e. The van der Waals surface area contributed by atoms with Crippen molar-refractivity contribution in [2.24, 2.45) is 5.92 Å². The summed E-state index contributed by atoms with van der Waals surface area (Å²) in [5.74, 6) is 0.104. The Hall–Kier alpha value is -2.18. The molecule has 0 saturated heterocycles. The molecule has 0 spiro atoms. The van der Waals surface area contributed by atoms with Crippen LogP contribution in [0, 0.1) is 5.92 Å². The van der Waals surface area contributed by atoms with E-state index in [1.807, 2.05) is 13.8 Å². The summed E-state index contributed by atoms with van der Waals surface area (Å²) in [6.07, 6.45) is 2.91. The van der Waals surface area contributed by atoms with Gasteiger partial charge < -0.3 is 16.4 Å². The molecule has 0 radical (unpaired) electrons. The van der Waals surface area contributed by atoms with E-state index < -0.39 is 5.91 Å². The highest BCUT2D eigenvalue weighted by molar-refractivity contribution is 5.92. The second kappa shape index (κ2) is 7.30. The number of aromatic nitrogens is 2. The van der Waals surface area contributed by atoms with E-state index in [9.17, 15) is 9.59 Å². The maximum atomic E-state index is 11.6. The van der Waals surface area contributed by atoms with Gasteiger partial charge in [-0.25, -0.2) is 4.98 Å². The van der Waals surface area contributed by atoms with Crippen LogP contribution in [0.15, 0.2) is 12.4 Å². The summed E-state index contributed by atoms with van der Waals surface area (Å²) in [6, 6.07) is 0. The van der Waals surface area contributed by atoms with E-state index in [1.165, 1.54) is 12.4 Å². The minimum Gasteiger partial charge on any atom is -0.382 e. The van der Waals surface area contributed by atoms with Gasteiger partial charge >= 0.3 is 0 Å². The molecule has 1 rings (SSSR count). The van der Waals surface area contributed by atoms with Crippen molar-refractivity contribution < 1.29 is 9.59 Å². The number of nitrogens with two attached hydrogens (primary N) is 1. The summed E-state index contributed by atoms with van der Waals surface area (Å²) in [4.78, 5) is 30.7. The Labute approximate surface area is 112 Å².